The Hall–Kier alpha value is -2.07. The summed E-state index contributed by atoms with van der Waals surface area (Å²) in [6, 6.07) is 11.2. The van der Waals surface area contributed by atoms with E-state index in [4.69, 9.17) is 15.2 Å². The van der Waals surface area contributed by atoms with Gasteiger partial charge in [-0.25, -0.2) is 4.98 Å². The first-order valence-electron chi connectivity index (χ1n) is 6.37. The fourth-order valence-electron chi connectivity index (χ4n) is 1.54. The van der Waals surface area contributed by atoms with Gasteiger partial charge in [-0.3, -0.25) is 0 Å². The van der Waals surface area contributed by atoms with Crippen LogP contribution < -0.4 is 15.2 Å². The summed E-state index contributed by atoms with van der Waals surface area (Å²) in [5.74, 6) is 2.14. The molecular formula is C15H18N2O2. The number of hydrogen-bond acceptors (Lipinski definition) is 4. The third-order valence-electron chi connectivity index (χ3n) is 2.55. The molecule has 0 aliphatic rings. The molecule has 100 valence electrons. The van der Waals surface area contributed by atoms with Gasteiger partial charge in [-0.2, -0.15) is 0 Å². The van der Waals surface area contributed by atoms with Crippen molar-refractivity contribution >= 4 is 0 Å². The van der Waals surface area contributed by atoms with Gasteiger partial charge in [0.15, 0.2) is 0 Å². The number of hydrogen-bond donors (Lipinski definition) is 1. The Bertz CT molecular complexity index is 495. The standard InChI is InChI=1S/C15H18N2O2/c1-2-9-18-13-4-6-14(7-5-13)19-15-8-3-12(10-16)11-17-15/h3-8,11H,2,9-10,16H2,1H3. The van der Waals surface area contributed by atoms with Crippen LogP contribution in [0.2, 0.25) is 0 Å². The van der Waals surface area contributed by atoms with Gasteiger partial charge in [0.05, 0.1) is 6.61 Å². The van der Waals surface area contributed by atoms with Crippen molar-refractivity contribution in [3.05, 3.63) is 48.2 Å². The first-order valence-corrected chi connectivity index (χ1v) is 6.37. The average Bonchev–Trinajstić information content (AvgIpc) is 2.47. The molecule has 0 aliphatic heterocycles. The van der Waals surface area contributed by atoms with Crippen LogP contribution in [0, 0.1) is 0 Å². The molecule has 0 bridgehead atoms. The molecule has 0 unspecified atom stereocenters. The Morgan fingerprint density at radius 3 is 2.37 bits per heavy atom. The van der Waals surface area contributed by atoms with Crippen LogP contribution in [0.5, 0.6) is 17.4 Å². The van der Waals surface area contributed by atoms with E-state index in [-0.39, 0.29) is 0 Å². The molecule has 1 aromatic heterocycles. The van der Waals surface area contributed by atoms with Crippen molar-refractivity contribution in [2.75, 3.05) is 6.61 Å². The largest absolute Gasteiger partial charge is 0.494 e. The Balaban J connectivity index is 1.98. The fourth-order valence-corrected chi connectivity index (χ4v) is 1.54. The molecule has 0 saturated heterocycles. The lowest BCUT2D eigenvalue weighted by Gasteiger charge is -2.07. The van der Waals surface area contributed by atoms with E-state index in [1.165, 1.54) is 0 Å². The molecule has 4 nitrogen and oxygen atoms in total. The van der Waals surface area contributed by atoms with Gasteiger partial charge >= 0.3 is 0 Å². The van der Waals surface area contributed by atoms with Gasteiger partial charge < -0.3 is 15.2 Å². The van der Waals surface area contributed by atoms with Crippen LogP contribution in [-0.4, -0.2) is 11.6 Å². The molecule has 2 rings (SSSR count). The quantitative estimate of drug-likeness (QED) is 0.864. The van der Waals surface area contributed by atoms with Crippen LogP contribution >= 0.6 is 0 Å². The molecule has 0 radical (unpaired) electrons. The van der Waals surface area contributed by atoms with Crippen molar-refractivity contribution in [2.45, 2.75) is 19.9 Å². The van der Waals surface area contributed by atoms with E-state index in [1.807, 2.05) is 36.4 Å². The zero-order valence-corrected chi connectivity index (χ0v) is 11.0. The van der Waals surface area contributed by atoms with E-state index in [2.05, 4.69) is 11.9 Å². The predicted octanol–water partition coefficient (Wildman–Crippen LogP) is 3.12. The number of aromatic nitrogens is 1. The van der Waals surface area contributed by atoms with Gasteiger partial charge in [0.1, 0.15) is 11.5 Å². The third kappa shape index (κ3) is 3.96. The maximum atomic E-state index is 5.63. The minimum absolute atomic E-state index is 0.483. The zero-order chi connectivity index (χ0) is 13.5. The first-order chi connectivity index (χ1) is 9.31. The molecule has 0 aliphatic carbocycles. The summed E-state index contributed by atoms with van der Waals surface area (Å²) in [4.78, 5) is 4.18. The molecule has 0 amide bonds. The molecule has 0 atom stereocenters. The van der Waals surface area contributed by atoms with E-state index >= 15 is 0 Å². The molecule has 4 heteroatoms. The highest BCUT2D eigenvalue weighted by Gasteiger charge is 2.00. The number of rotatable bonds is 6. The molecule has 1 aromatic carbocycles. The van der Waals surface area contributed by atoms with Gasteiger partial charge in [-0.15, -0.1) is 0 Å². The number of nitrogens with zero attached hydrogens (tertiary/aromatic N) is 1. The van der Waals surface area contributed by atoms with E-state index in [0.29, 0.717) is 12.4 Å². The second-order valence-electron chi connectivity index (χ2n) is 4.13. The number of nitrogens with two attached hydrogens (primary N) is 1. The molecular weight excluding hydrogens is 240 g/mol. The summed E-state index contributed by atoms with van der Waals surface area (Å²) in [5, 5.41) is 0. The fraction of sp³-hybridized carbons (Fsp3) is 0.267. The Kier molecular flexibility index (Phi) is 4.75. The SMILES string of the molecule is CCCOc1ccc(Oc2ccc(CN)cn2)cc1. The van der Waals surface area contributed by atoms with Gasteiger partial charge in [0, 0.05) is 18.8 Å². The maximum Gasteiger partial charge on any atom is 0.219 e. The second-order valence-corrected chi connectivity index (χ2v) is 4.13. The summed E-state index contributed by atoms with van der Waals surface area (Å²) in [7, 11) is 0. The zero-order valence-electron chi connectivity index (χ0n) is 11.0. The Labute approximate surface area is 113 Å². The van der Waals surface area contributed by atoms with E-state index < -0.39 is 0 Å². The van der Waals surface area contributed by atoms with Crippen molar-refractivity contribution in [3.8, 4) is 17.4 Å². The second kappa shape index (κ2) is 6.75. The third-order valence-corrected chi connectivity index (χ3v) is 2.55. The lowest BCUT2D eigenvalue weighted by molar-refractivity contribution is 0.317. The topological polar surface area (TPSA) is 57.4 Å². The summed E-state index contributed by atoms with van der Waals surface area (Å²) >= 11 is 0. The highest BCUT2D eigenvalue weighted by atomic mass is 16.5. The van der Waals surface area contributed by atoms with Gasteiger partial charge in [0.2, 0.25) is 5.88 Å². The lowest BCUT2D eigenvalue weighted by atomic mass is 10.3. The van der Waals surface area contributed by atoms with Crippen molar-refractivity contribution in [1.82, 2.24) is 4.98 Å². The summed E-state index contributed by atoms with van der Waals surface area (Å²) in [6.45, 7) is 3.28. The normalized spacial score (nSPS) is 10.2. The Morgan fingerprint density at radius 2 is 1.79 bits per heavy atom. The lowest BCUT2D eigenvalue weighted by Crippen LogP contribution is -1.97. The van der Waals surface area contributed by atoms with Crippen molar-refractivity contribution in [1.29, 1.82) is 0 Å². The smallest absolute Gasteiger partial charge is 0.219 e. The molecule has 1 heterocycles. The highest BCUT2D eigenvalue weighted by molar-refractivity contribution is 5.33. The molecule has 0 saturated carbocycles. The van der Waals surface area contributed by atoms with E-state index in [0.717, 1.165) is 30.1 Å². The minimum Gasteiger partial charge on any atom is -0.494 e. The van der Waals surface area contributed by atoms with Gasteiger partial charge in [-0.1, -0.05) is 13.0 Å². The summed E-state index contributed by atoms with van der Waals surface area (Å²) < 4.78 is 11.1. The first kappa shape index (κ1) is 13.4. The maximum absolute atomic E-state index is 5.63. The number of benzene rings is 1. The van der Waals surface area contributed by atoms with Crippen molar-refractivity contribution in [2.24, 2.45) is 5.73 Å². The predicted molar refractivity (Wildman–Crippen MR) is 74.4 cm³/mol. The van der Waals surface area contributed by atoms with Gasteiger partial charge in [0.25, 0.3) is 0 Å². The average molecular weight is 258 g/mol. The summed E-state index contributed by atoms with van der Waals surface area (Å²) in [5.41, 5.74) is 6.50. The van der Waals surface area contributed by atoms with Crippen LogP contribution in [0.4, 0.5) is 0 Å². The van der Waals surface area contributed by atoms with Crippen molar-refractivity contribution in [3.63, 3.8) is 0 Å². The monoisotopic (exact) mass is 258 g/mol. The molecule has 2 N–H and O–H groups in total. The van der Waals surface area contributed by atoms with Crippen LogP contribution in [0.15, 0.2) is 42.6 Å². The van der Waals surface area contributed by atoms with Crippen LogP contribution in [0.3, 0.4) is 0 Å². The molecule has 19 heavy (non-hydrogen) atoms. The van der Waals surface area contributed by atoms with Crippen molar-refractivity contribution < 1.29 is 9.47 Å². The Morgan fingerprint density at radius 1 is 1.05 bits per heavy atom. The number of pyridine rings is 1. The molecule has 0 spiro atoms. The van der Waals surface area contributed by atoms with Crippen LogP contribution in [0.1, 0.15) is 18.9 Å². The van der Waals surface area contributed by atoms with E-state index in [9.17, 15) is 0 Å². The van der Waals surface area contributed by atoms with E-state index in [1.54, 1.807) is 6.20 Å². The van der Waals surface area contributed by atoms with Gasteiger partial charge in [-0.05, 0) is 36.2 Å². The van der Waals surface area contributed by atoms with Crippen LogP contribution in [0.25, 0.3) is 0 Å². The van der Waals surface area contributed by atoms with Crippen LogP contribution in [-0.2, 0) is 6.54 Å². The molecule has 0 fully saturated rings. The summed E-state index contributed by atoms with van der Waals surface area (Å²) in [6.07, 6.45) is 2.71. The molecule has 2 aromatic rings. The highest BCUT2D eigenvalue weighted by Crippen LogP contribution is 2.22. The minimum atomic E-state index is 0.483. The number of ether oxygens (including phenoxy) is 2.